The number of hydrogen-bond acceptors (Lipinski definition) is 1. The first kappa shape index (κ1) is 10.1. The SMILES string of the molecule is C=C1CN2[C@H](CC[C@@H]2C)[C@H]1c1ccccc1. The smallest absolute Gasteiger partial charge is 0.0214 e. The number of hydrogen-bond donors (Lipinski definition) is 0. The summed E-state index contributed by atoms with van der Waals surface area (Å²) in [5.74, 6) is 0.575. The zero-order chi connectivity index (χ0) is 11.1. The van der Waals surface area contributed by atoms with Gasteiger partial charge in [0.25, 0.3) is 0 Å². The lowest BCUT2D eigenvalue weighted by Crippen LogP contribution is -2.30. The first-order valence-electron chi connectivity index (χ1n) is 6.25. The summed E-state index contributed by atoms with van der Waals surface area (Å²) >= 11 is 0. The number of fused-ring (bicyclic) bond motifs is 1. The lowest BCUT2D eigenvalue weighted by atomic mass is 9.88. The van der Waals surface area contributed by atoms with Gasteiger partial charge < -0.3 is 0 Å². The molecule has 16 heavy (non-hydrogen) atoms. The predicted molar refractivity (Wildman–Crippen MR) is 67.5 cm³/mol. The van der Waals surface area contributed by atoms with Crippen LogP contribution in [0.3, 0.4) is 0 Å². The Hall–Kier alpha value is -1.08. The summed E-state index contributed by atoms with van der Waals surface area (Å²) in [6.45, 7) is 7.74. The fourth-order valence-corrected chi connectivity index (χ4v) is 3.42. The van der Waals surface area contributed by atoms with Gasteiger partial charge in [-0.3, -0.25) is 4.90 Å². The molecule has 0 amide bonds. The van der Waals surface area contributed by atoms with E-state index in [9.17, 15) is 0 Å². The van der Waals surface area contributed by atoms with Crippen molar-refractivity contribution >= 4 is 0 Å². The van der Waals surface area contributed by atoms with E-state index in [0.29, 0.717) is 12.0 Å². The van der Waals surface area contributed by atoms with E-state index >= 15 is 0 Å². The summed E-state index contributed by atoms with van der Waals surface area (Å²) < 4.78 is 0. The molecule has 2 fully saturated rings. The van der Waals surface area contributed by atoms with Gasteiger partial charge in [0, 0.05) is 24.5 Å². The monoisotopic (exact) mass is 213 g/mol. The summed E-state index contributed by atoms with van der Waals surface area (Å²) in [5, 5.41) is 0. The molecule has 2 aliphatic heterocycles. The van der Waals surface area contributed by atoms with Crippen LogP contribution in [0.5, 0.6) is 0 Å². The maximum absolute atomic E-state index is 4.29. The van der Waals surface area contributed by atoms with Gasteiger partial charge >= 0.3 is 0 Å². The molecule has 1 nitrogen and oxygen atoms in total. The van der Waals surface area contributed by atoms with Gasteiger partial charge in [0.05, 0.1) is 0 Å². The van der Waals surface area contributed by atoms with Crippen LogP contribution >= 0.6 is 0 Å². The first-order chi connectivity index (χ1) is 7.77. The quantitative estimate of drug-likeness (QED) is 0.648. The topological polar surface area (TPSA) is 3.24 Å². The third-order valence-corrected chi connectivity index (χ3v) is 4.24. The molecule has 0 unspecified atom stereocenters. The fraction of sp³-hybridized carbons (Fsp3) is 0.467. The van der Waals surface area contributed by atoms with Crippen LogP contribution in [0.4, 0.5) is 0 Å². The van der Waals surface area contributed by atoms with Gasteiger partial charge in [0.1, 0.15) is 0 Å². The van der Waals surface area contributed by atoms with Crippen LogP contribution in [0.25, 0.3) is 0 Å². The molecule has 3 atom stereocenters. The van der Waals surface area contributed by atoms with Crippen molar-refractivity contribution in [1.82, 2.24) is 4.90 Å². The summed E-state index contributed by atoms with van der Waals surface area (Å²) in [6, 6.07) is 12.3. The molecular formula is C15H19N. The van der Waals surface area contributed by atoms with E-state index in [2.05, 4.69) is 48.7 Å². The van der Waals surface area contributed by atoms with Crippen molar-refractivity contribution in [2.45, 2.75) is 37.8 Å². The Labute approximate surface area is 97.8 Å². The summed E-state index contributed by atoms with van der Waals surface area (Å²) in [6.07, 6.45) is 2.68. The van der Waals surface area contributed by atoms with E-state index in [-0.39, 0.29) is 0 Å². The van der Waals surface area contributed by atoms with E-state index in [1.165, 1.54) is 24.0 Å². The van der Waals surface area contributed by atoms with Crippen molar-refractivity contribution in [3.05, 3.63) is 48.0 Å². The van der Waals surface area contributed by atoms with Crippen LogP contribution in [0, 0.1) is 0 Å². The fourth-order valence-electron chi connectivity index (χ4n) is 3.42. The summed E-state index contributed by atoms with van der Waals surface area (Å²) in [7, 11) is 0. The average molecular weight is 213 g/mol. The molecule has 0 N–H and O–H groups in total. The zero-order valence-corrected chi connectivity index (χ0v) is 9.89. The lowest BCUT2D eigenvalue weighted by Gasteiger charge is -2.22. The predicted octanol–water partition coefficient (Wildman–Crippen LogP) is 3.19. The van der Waals surface area contributed by atoms with Crippen molar-refractivity contribution in [3.63, 3.8) is 0 Å². The maximum Gasteiger partial charge on any atom is 0.0214 e. The van der Waals surface area contributed by atoms with Gasteiger partial charge in [-0.15, -0.1) is 0 Å². The highest BCUT2D eigenvalue weighted by molar-refractivity contribution is 5.34. The highest BCUT2D eigenvalue weighted by Gasteiger charge is 2.43. The highest BCUT2D eigenvalue weighted by Crippen LogP contribution is 2.44. The lowest BCUT2D eigenvalue weighted by molar-refractivity contribution is 0.254. The standard InChI is InChI=1S/C15H19N/c1-11-10-16-12(2)8-9-14(16)15(11)13-6-4-3-5-7-13/h3-7,12,14-15H,1,8-10H2,2H3/t12-,14+,15+/m0/s1. The first-order valence-corrected chi connectivity index (χ1v) is 6.25. The Morgan fingerprint density at radius 1 is 1.19 bits per heavy atom. The van der Waals surface area contributed by atoms with Gasteiger partial charge in [-0.1, -0.05) is 42.5 Å². The number of benzene rings is 1. The van der Waals surface area contributed by atoms with Gasteiger partial charge in [0.15, 0.2) is 0 Å². The van der Waals surface area contributed by atoms with Crippen molar-refractivity contribution in [2.24, 2.45) is 0 Å². The summed E-state index contributed by atoms with van der Waals surface area (Å²) in [5.41, 5.74) is 2.86. The normalized spacial score (nSPS) is 34.3. The molecule has 1 heteroatoms. The molecule has 0 saturated carbocycles. The molecule has 84 valence electrons. The Kier molecular flexibility index (Phi) is 2.36. The van der Waals surface area contributed by atoms with Crippen LogP contribution in [-0.2, 0) is 0 Å². The van der Waals surface area contributed by atoms with Crippen molar-refractivity contribution in [2.75, 3.05) is 6.54 Å². The molecule has 0 bridgehead atoms. The van der Waals surface area contributed by atoms with E-state index in [1.54, 1.807) is 0 Å². The van der Waals surface area contributed by atoms with Crippen LogP contribution in [0.1, 0.15) is 31.2 Å². The van der Waals surface area contributed by atoms with Gasteiger partial charge in [0.2, 0.25) is 0 Å². The molecule has 2 saturated heterocycles. The third kappa shape index (κ3) is 1.42. The van der Waals surface area contributed by atoms with E-state index < -0.39 is 0 Å². The van der Waals surface area contributed by atoms with Crippen LogP contribution < -0.4 is 0 Å². The van der Waals surface area contributed by atoms with E-state index in [1.807, 2.05) is 0 Å². The van der Waals surface area contributed by atoms with Crippen LogP contribution in [-0.4, -0.2) is 23.5 Å². The molecule has 1 aromatic rings. The Morgan fingerprint density at radius 2 is 1.94 bits per heavy atom. The Bertz CT molecular complexity index is 395. The number of nitrogens with zero attached hydrogens (tertiary/aromatic N) is 1. The second-order valence-electron chi connectivity index (χ2n) is 5.21. The minimum absolute atomic E-state index is 0.575. The molecule has 1 aromatic carbocycles. The second kappa shape index (κ2) is 3.74. The molecule has 2 heterocycles. The van der Waals surface area contributed by atoms with Gasteiger partial charge in [-0.2, -0.15) is 0 Å². The molecule has 0 spiro atoms. The van der Waals surface area contributed by atoms with E-state index in [0.717, 1.165) is 12.6 Å². The van der Waals surface area contributed by atoms with Gasteiger partial charge in [-0.25, -0.2) is 0 Å². The Morgan fingerprint density at radius 3 is 2.69 bits per heavy atom. The zero-order valence-electron chi connectivity index (χ0n) is 9.89. The van der Waals surface area contributed by atoms with Gasteiger partial charge in [-0.05, 0) is 25.3 Å². The van der Waals surface area contributed by atoms with Crippen molar-refractivity contribution < 1.29 is 0 Å². The van der Waals surface area contributed by atoms with Crippen LogP contribution in [0.2, 0.25) is 0 Å². The highest BCUT2D eigenvalue weighted by atomic mass is 15.2. The molecule has 3 rings (SSSR count). The molecule has 0 aromatic heterocycles. The summed E-state index contributed by atoms with van der Waals surface area (Å²) in [4.78, 5) is 2.64. The van der Waals surface area contributed by atoms with Crippen LogP contribution in [0.15, 0.2) is 42.5 Å². The second-order valence-corrected chi connectivity index (χ2v) is 5.21. The molecule has 2 aliphatic rings. The molecule has 0 radical (unpaired) electrons. The molecule has 0 aliphatic carbocycles. The maximum atomic E-state index is 4.29. The largest absolute Gasteiger partial charge is 0.293 e. The minimum atomic E-state index is 0.575. The van der Waals surface area contributed by atoms with E-state index in [4.69, 9.17) is 0 Å². The third-order valence-electron chi connectivity index (χ3n) is 4.24. The minimum Gasteiger partial charge on any atom is -0.293 e. The average Bonchev–Trinajstić information content (AvgIpc) is 2.80. The molecular weight excluding hydrogens is 194 g/mol. The van der Waals surface area contributed by atoms with Crippen molar-refractivity contribution in [1.29, 1.82) is 0 Å². The number of rotatable bonds is 1. The van der Waals surface area contributed by atoms with Crippen molar-refractivity contribution in [3.8, 4) is 0 Å². The Balaban J connectivity index is 1.94.